The molecule has 0 bridgehead atoms. The van der Waals surface area contributed by atoms with E-state index in [4.69, 9.17) is 5.73 Å². The first-order valence-electron chi connectivity index (χ1n) is 4.92. The summed E-state index contributed by atoms with van der Waals surface area (Å²) in [5.74, 6) is 1.27. The lowest BCUT2D eigenvalue weighted by molar-refractivity contribution is 0.249. The van der Waals surface area contributed by atoms with Crippen LogP contribution in [0.4, 0.5) is 16.6 Å². The van der Waals surface area contributed by atoms with E-state index in [9.17, 15) is 4.79 Å². The standard InChI is InChI=1S/C9H16N6O/c1-6-5-7(15-9(11-2)14-6)12-3-4-13-8(10)16/h5H,3-4H2,1-2H3,(H3,10,13,16)(H2,11,12,14,15). The Morgan fingerprint density at radius 2 is 2.19 bits per heavy atom. The molecular formula is C9H16N6O. The summed E-state index contributed by atoms with van der Waals surface area (Å²) in [5, 5.41) is 8.40. The first-order chi connectivity index (χ1) is 7.61. The molecule has 0 aliphatic heterocycles. The van der Waals surface area contributed by atoms with Crippen LogP contribution in [0.5, 0.6) is 0 Å². The largest absolute Gasteiger partial charge is 0.368 e. The van der Waals surface area contributed by atoms with E-state index in [1.165, 1.54) is 0 Å². The molecule has 88 valence electrons. The topological polar surface area (TPSA) is 105 Å². The fraction of sp³-hybridized carbons (Fsp3) is 0.444. The number of nitrogens with zero attached hydrogens (tertiary/aromatic N) is 2. The number of amides is 2. The maximum absolute atomic E-state index is 10.4. The Hall–Kier alpha value is -2.05. The van der Waals surface area contributed by atoms with Gasteiger partial charge in [-0.15, -0.1) is 0 Å². The van der Waals surface area contributed by atoms with E-state index in [2.05, 4.69) is 25.9 Å². The van der Waals surface area contributed by atoms with Crippen LogP contribution in [0.3, 0.4) is 0 Å². The Balaban J connectivity index is 2.47. The smallest absolute Gasteiger partial charge is 0.312 e. The molecule has 0 saturated heterocycles. The highest BCUT2D eigenvalue weighted by atomic mass is 16.2. The highest BCUT2D eigenvalue weighted by Gasteiger charge is 1.99. The highest BCUT2D eigenvalue weighted by Crippen LogP contribution is 2.08. The zero-order chi connectivity index (χ0) is 12.0. The van der Waals surface area contributed by atoms with Gasteiger partial charge in [-0.25, -0.2) is 9.78 Å². The van der Waals surface area contributed by atoms with E-state index in [-0.39, 0.29) is 0 Å². The molecule has 1 aromatic heterocycles. The van der Waals surface area contributed by atoms with Crippen molar-refractivity contribution in [3.63, 3.8) is 0 Å². The van der Waals surface area contributed by atoms with Crippen molar-refractivity contribution in [3.8, 4) is 0 Å². The number of aromatic nitrogens is 2. The van der Waals surface area contributed by atoms with E-state index < -0.39 is 6.03 Å². The van der Waals surface area contributed by atoms with Crippen LogP contribution in [-0.2, 0) is 0 Å². The van der Waals surface area contributed by atoms with Crippen LogP contribution >= 0.6 is 0 Å². The Morgan fingerprint density at radius 1 is 1.44 bits per heavy atom. The number of rotatable bonds is 5. The fourth-order valence-corrected chi connectivity index (χ4v) is 1.15. The lowest BCUT2D eigenvalue weighted by Gasteiger charge is -2.08. The summed E-state index contributed by atoms with van der Waals surface area (Å²) in [6.07, 6.45) is 0. The SMILES string of the molecule is CNc1nc(C)cc(NCCNC(N)=O)n1. The van der Waals surface area contributed by atoms with Gasteiger partial charge >= 0.3 is 6.03 Å². The van der Waals surface area contributed by atoms with Gasteiger partial charge in [-0.2, -0.15) is 4.98 Å². The number of primary amides is 1. The third-order valence-electron chi connectivity index (χ3n) is 1.81. The quantitative estimate of drug-likeness (QED) is 0.523. The van der Waals surface area contributed by atoms with Crippen molar-refractivity contribution >= 4 is 17.8 Å². The van der Waals surface area contributed by atoms with Crippen molar-refractivity contribution in [2.24, 2.45) is 5.73 Å². The average molecular weight is 224 g/mol. The molecule has 0 aromatic carbocycles. The van der Waals surface area contributed by atoms with Crippen molar-refractivity contribution in [2.45, 2.75) is 6.92 Å². The molecule has 0 atom stereocenters. The molecule has 2 amide bonds. The van der Waals surface area contributed by atoms with Gasteiger partial charge in [-0.05, 0) is 6.92 Å². The van der Waals surface area contributed by atoms with Crippen LogP contribution in [0.15, 0.2) is 6.07 Å². The first kappa shape index (κ1) is 12.0. The zero-order valence-corrected chi connectivity index (χ0v) is 9.37. The van der Waals surface area contributed by atoms with Gasteiger partial charge in [0.25, 0.3) is 0 Å². The van der Waals surface area contributed by atoms with Gasteiger partial charge in [0.15, 0.2) is 0 Å². The van der Waals surface area contributed by atoms with Gasteiger partial charge in [0.1, 0.15) is 5.82 Å². The van der Waals surface area contributed by atoms with E-state index in [0.29, 0.717) is 24.9 Å². The number of nitrogens with two attached hydrogens (primary N) is 1. The van der Waals surface area contributed by atoms with E-state index in [0.717, 1.165) is 5.69 Å². The van der Waals surface area contributed by atoms with E-state index >= 15 is 0 Å². The number of hydrogen-bond acceptors (Lipinski definition) is 5. The van der Waals surface area contributed by atoms with Crippen LogP contribution in [0, 0.1) is 6.92 Å². The molecule has 0 saturated carbocycles. The summed E-state index contributed by atoms with van der Waals surface area (Å²) < 4.78 is 0. The number of urea groups is 1. The minimum Gasteiger partial charge on any atom is -0.368 e. The first-order valence-corrected chi connectivity index (χ1v) is 4.92. The minimum absolute atomic E-state index is 0.452. The number of nitrogens with one attached hydrogen (secondary N) is 3. The molecule has 0 spiro atoms. The molecule has 16 heavy (non-hydrogen) atoms. The maximum atomic E-state index is 10.4. The maximum Gasteiger partial charge on any atom is 0.312 e. The lowest BCUT2D eigenvalue weighted by atomic mass is 10.4. The molecule has 0 unspecified atom stereocenters. The van der Waals surface area contributed by atoms with Crippen molar-refractivity contribution in [3.05, 3.63) is 11.8 Å². The van der Waals surface area contributed by atoms with Crippen LogP contribution in [0.2, 0.25) is 0 Å². The summed E-state index contributed by atoms with van der Waals surface area (Å²) in [5.41, 5.74) is 5.79. The second-order valence-corrected chi connectivity index (χ2v) is 3.19. The Morgan fingerprint density at radius 3 is 2.81 bits per heavy atom. The second-order valence-electron chi connectivity index (χ2n) is 3.19. The molecule has 0 radical (unpaired) electrons. The molecule has 1 aromatic rings. The molecule has 7 nitrogen and oxygen atoms in total. The molecule has 0 aliphatic carbocycles. The number of carbonyl (C=O) groups excluding carboxylic acids is 1. The predicted molar refractivity (Wildman–Crippen MR) is 62.4 cm³/mol. The van der Waals surface area contributed by atoms with Gasteiger partial charge < -0.3 is 21.7 Å². The molecule has 5 N–H and O–H groups in total. The van der Waals surface area contributed by atoms with Crippen LogP contribution in [-0.4, -0.2) is 36.1 Å². The van der Waals surface area contributed by atoms with Crippen molar-refractivity contribution in [1.82, 2.24) is 15.3 Å². The fourth-order valence-electron chi connectivity index (χ4n) is 1.15. The summed E-state index contributed by atoms with van der Waals surface area (Å²) in [4.78, 5) is 18.8. The number of carbonyl (C=O) groups is 1. The monoisotopic (exact) mass is 224 g/mol. The normalized spacial score (nSPS) is 9.62. The third kappa shape index (κ3) is 3.99. The Bertz CT molecular complexity index is 367. The third-order valence-corrected chi connectivity index (χ3v) is 1.81. The lowest BCUT2D eigenvalue weighted by Crippen LogP contribution is -2.33. The molecule has 1 heterocycles. The summed E-state index contributed by atoms with van der Waals surface area (Å²) in [6.45, 7) is 2.89. The van der Waals surface area contributed by atoms with Gasteiger partial charge in [0.05, 0.1) is 0 Å². The van der Waals surface area contributed by atoms with Crippen molar-refractivity contribution in [2.75, 3.05) is 30.8 Å². The Labute approximate surface area is 93.8 Å². The summed E-state index contributed by atoms with van der Waals surface area (Å²) in [6, 6.07) is 1.29. The number of hydrogen-bond donors (Lipinski definition) is 4. The number of anilines is 2. The van der Waals surface area contributed by atoms with Crippen LogP contribution in [0.1, 0.15) is 5.69 Å². The predicted octanol–water partition coefficient (Wildman–Crippen LogP) is -0.0931. The van der Waals surface area contributed by atoms with Crippen molar-refractivity contribution < 1.29 is 4.79 Å². The van der Waals surface area contributed by atoms with Crippen molar-refractivity contribution in [1.29, 1.82) is 0 Å². The number of aryl methyl sites for hydroxylation is 1. The molecule has 1 rings (SSSR count). The molecule has 7 heteroatoms. The van der Waals surface area contributed by atoms with E-state index in [1.54, 1.807) is 7.05 Å². The molecular weight excluding hydrogens is 208 g/mol. The highest BCUT2D eigenvalue weighted by molar-refractivity contribution is 5.71. The average Bonchev–Trinajstić information content (AvgIpc) is 2.23. The molecule has 0 aliphatic rings. The minimum atomic E-state index is -0.531. The van der Waals surface area contributed by atoms with Gasteiger partial charge in [0, 0.05) is 31.9 Å². The van der Waals surface area contributed by atoms with Crippen LogP contribution < -0.4 is 21.7 Å². The zero-order valence-electron chi connectivity index (χ0n) is 9.37. The molecule has 0 fully saturated rings. The van der Waals surface area contributed by atoms with Gasteiger partial charge in [-0.3, -0.25) is 0 Å². The van der Waals surface area contributed by atoms with E-state index in [1.807, 2.05) is 13.0 Å². The summed E-state index contributed by atoms with van der Waals surface area (Å²) in [7, 11) is 1.76. The summed E-state index contributed by atoms with van der Waals surface area (Å²) >= 11 is 0. The Kier molecular flexibility index (Phi) is 4.31. The van der Waals surface area contributed by atoms with Gasteiger partial charge in [0.2, 0.25) is 5.95 Å². The van der Waals surface area contributed by atoms with Crippen LogP contribution in [0.25, 0.3) is 0 Å². The second kappa shape index (κ2) is 5.74. The van der Waals surface area contributed by atoms with Gasteiger partial charge in [-0.1, -0.05) is 0 Å².